The van der Waals surface area contributed by atoms with Gasteiger partial charge in [0.1, 0.15) is 5.76 Å². The fraction of sp³-hybridized carbons (Fsp3) is 0.538. The summed E-state index contributed by atoms with van der Waals surface area (Å²) >= 11 is 0. The Bertz CT molecular complexity index is 456. The Labute approximate surface area is 107 Å². The van der Waals surface area contributed by atoms with Gasteiger partial charge in [-0.05, 0) is 20.3 Å². The summed E-state index contributed by atoms with van der Waals surface area (Å²) in [5, 5.41) is 7.56. The average molecular weight is 248 g/mol. The van der Waals surface area contributed by atoms with Crippen LogP contribution in [0.1, 0.15) is 36.4 Å². The highest BCUT2D eigenvalue weighted by Gasteiger charge is 2.18. The molecular weight excluding hydrogens is 228 g/mol. The third-order valence-electron chi connectivity index (χ3n) is 3.17. The molecule has 0 bridgehead atoms. The maximum absolute atomic E-state index is 5.23. The predicted octanol–water partition coefficient (Wildman–Crippen LogP) is 2.23. The molecule has 2 aromatic rings. The summed E-state index contributed by atoms with van der Waals surface area (Å²) in [6.07, 6.45) is 6.62. The molecule has 2 aromatic heterocycles. The monoisotopic (exact) mass is 248 g/mol. The largest absolute Gasteiger partial charge is 0.361 e. The van der Waals surface area contributed by atoms with E-state index in [4.69, 9.17) is 4.52 Å². The Kier molecular flexibility index (Phi) is 4.15. The highest BCUT2D eigenvalue weighted by atomic mass is 16.5. The average Bonchev–Trinajstić information content (AvgIpc) is 2.97. The molecule has 18 heavy (non-hydrogen) atoms. The molecule has 2 heterocycles. The van der Waals surface area contributed by atoms with E-state index in [-0.39, 0.29) is 0 Å². The van der Waals surface area contributed by atoms with Crippen LogP contribution in [0.5, 0.6) is 0 Å². The van der Waals surface area contributed by atoms with Crippen molar-refractivity contribution in [2.24, 2.45) is 0 Å². The van der Waals surface area contributed by atoms with Crippen molar-refractivity contribution in [3.63, 3.8) is 0 Å². The summed E-state index contributed by atoms with van der Waals surface area (Å²) in [5.41, 5.74) is 2.18. The van der Waals surface area contributed by atoms with Gasteiger partial charge in [0.25, 0.3) is 0 Å². The number of hydrogen-bond acceptors (Lipinski definition) is 4. The van der Waals surface area contributed by atoms with Crippen LogP contribution in [0, 0.1) is 13.8 Å². The van der Waals surface area contributed by atoms with Gasteiger partial charge >= 0.3 is 0 Å². The lowest BCUT2D eigenvalue weighted by molar-refractivity contribution is 0.389. The normalized spacial score (nSPS) is 12.8. The number of aromatic nitrogens is 3. The Hall–Kier alpha value is -1.62. The lowest BCUT2D eigenvalue weighted by atomic mass is 10.0. The molecule has 0 aliphatic rings. The molecule has 0 amide bonds. The smallest absolute Gasteiger partial charge is 0.138 e. The number of nitrogens with zero attached hydrogens (tertiary/aromatic N) is 3. The zero-order chi connectivity index (χ0) is 13.0. The summed E-state index contributed by atoms with van der Waals surface area (Å²) in [6.45, 7) is 7.95. The molecule has 0 unspecified atom stereocenters. The molecule has 0 saturated carbocycles. The molecule has 5 nitrogen and oxygen atoms in total. The van der Waals surface area contributed by atoms with Crippen LogP contribution in [0.15, 0.2) is 23.2 Å². The van der Waals surface area contributed by atoms with Crippen LogP contribution in [-0.2, 0) is 6.54 Å². The molecule has 0 aromatic carbocycles. The second-order valence-electron chi connectivity index (χ2n) is 4.45. The number of hydrogen-bond donors (Lipinski definition) is 1. The molecule has 0 fully saturated rings. The summed E-state index contributed by atoms with van der Waals surface area (Å²) in [6, 6.07) is 0.305. The van der Waals surface area contributed by atoms with Crippen molar-refractivity contribution < 1.29 is 4.52 Å². The third-order valence-corrected chi connectivity index (χ3v) is 3.17. The summed E-state index contributed by atoms with van der Waals surface area (Å²) in [7, 11) is 0. The Morgan fingerprint density at radius 1 is 1.44 bits per heavy atom. The van der Waals surface area contributed by atoms with Gasteiger partial charge in [0.05, 0.1) is 12.0 Å². The van der Waals surface area contributed by atoms with Crippen molar-refractivity contribution in [2.75, 3.05) is 6.54 Å². The fourth-order valence-electron chi connectivity index (χ4n) is 2.22. The van der Waals surface area contributed by atoms with Gasteiger partial charge in [-0.1, -0.05) is 12.1 Å². The molecule has 5 heteroatoms. The van der Waals surface area contributed by atoms with Gasteiger partial charge in [0, 0.05) is 37.1 Å². The highest BCUT2D eigenvalue weighted by Crippen LogP contribution is 2.23. The zero-order valence-electron chi connectivity index (χ0n) is 11.2. The van der Waals surface area contributed by atoms with Crippen molar-refractivity contribution in [1.82, 2.24) is 20.0 Å². The minimum absolute atomic E-state index is 0.305. The molecule has 0 saturated heterocycles. The van der Waals surface area contributed by atoms with Gasteiger partial charge in [-0.15, -0.1) is 0 Å². The number of rotatable bonds is 6. The van der Waals surface area contributed by atoms with E-state index in [1.54, 1.807) is 6.20 Å². The van der Waals surface area contributed by atoms with Crippen LogP contribution in [0.3, 0.4) is 0 Å². The van der Waals surface area contributed by atoms with Crippen molar-refractivity contribution in [2.45, 2.75) is 39.8 Å². The summed E-state index contributed by atoms with van der Waals surface area (Å²) < 4.78 is 7.29. The molecule has 0 radical (unpaired) electrons. The first kappa shape index (κ1) is 12.8. The zero-order valence-corrected chi connectivity index (χ0v) is 11.2. The van der Waals surface area contributed by atoms with Crippen molar-refractivity contribution in [3.05, 3.63) is 35.7 Å². The Morgan fingerprint density at radius 2 is 2.28 bits per heavy atom. The number of nitrogens with one attached hydrogen (secondary N) is 1. The summed E-state index contributed by atoms with van der Waals surface area (Å²) in [5.74, 6) is 0.912. The van der Waals surface area contributed by atoms with Gasteiger partial charge in [-0.3, -0.25) is 0 Å². The maximum Gasteiger partial charge on any atom is 0.138 e. The van der Waals surface area contributed by atoms with Crippen molar-refractivity contribution in [1.29, 1.82) is 0 Å². The SMILES string of the molecule is CC[C@H](NCCn1ccnc1)c1c(C)noc1C. The van der Waals surface area contributed by atoms with Crippen molar-refractivity contribution in [3.8, 4) is 0 Å². The van der Waals surface area contributed by atoms with Crippen LogP contribution < -0.4 is 5.32 Å². The molecule has 2 rings (SSSR count). The lowest BCUT2D eigenvalue weighted by Crippen LogP contribution is -2.25. The van der Waals surface area contributed by atoms with Crippen LogP contribution in [0.25, 0.3) is 0 Å². The molecule has 1 atom stereocenters. The molecule has 0 aliphatic carbocycles. The number of aryl methyl sites for hydroxylation is 2. The van der Waals surface area contributed by atoms with Gasteiger partial charge in [0.15, 0.2) is 0 Å². The van der Waals surface area contributed by atoms with Crippen LogP contribution in [0.4, 0.5) is 0 Å². The van der Waals surface area contributed by atoms with E-state index in [0.29, 0.717) is 6.04 Å². The van der Waals surface area contributed by atoms with E-state index in [2.05, 4.69) is 26.9 Å². The maximum atomic E-state index is 5.23. The first-order valence-corrected chi connectivity index (χ1v) is 6.34. The minimum atomic E-state index is 0.305. The predicted molar refractivity (Wildman–Crippen MR) is 69.2 cm³/mol. The first-order chi connectivity index (χ1) is 8.72. The second-order valence-corrected chi connectivity index (χ2v) is 4.45. The topological polar surface area (TPSA) is 55.9 Å². The van der Waals surface area contributed by atoms with E-state index in [0.717, 1.165) is 31.0 Å². The quantitative estimate of drug-likeness (QED) is 0.851. The molecule has 98 valence electrons. The van der Waals surface area contributed by atoms with Crippen LogP contribution in [0.2, 0.25) is 0 Å². The van der Waals surface area contributed by atoms with E-state index in [1.165, 1.54) is 5.56 Å². The second kappa shape index (κ2) is 5.82. The molecular formula is C13H20N4O. The van der Waals surface area contributed by atoms with Gasteiger partial charge in [-0.25, -0.2) is 4.98 Å². The number of imidazole rings is 1. The standard InChI is InChI=1S/C13H20N4O/c1-4-12(13-10(2)16-18-11(13)3)15-6-8-17-7-5-14-9-17/h5,7,9,12,15H,4,6,8H2,1-3H3/t12-/m0/s1. The van der Waals surface area contributed by atoms with E-state index >= 15 is 0 Å². The Balaban J connectivity index is 1.93. The van der Waals surface area contributed by atoms with E-state index in [1.807, 2.05) is 26.4 Å². The fourth-order valence-corrected chi connectivity index (χ4v) is 2.22. The Morgan fingerprint density at radius 3 is 2.83 bits per heavy atom. The van der Waals surface area contributed by atoms with E-state index < -0.39 is 0 Å². The highest BCUT2D eigenvalue weighted by molar-refractivity contribution is 5.24. The molecule has 0 aliphatic heterocycles. The van der Waals surface area contributed by atoms with Gasteiger partial charge < -0.3 is 14.4 Å². The molecule has 1 N–H and O–H groups in total. The molecule has 0 spiro atoms. The third kappa shape index (κ3) is 2.79. The minimum Gasteiger partial charge on any atom is -0.361 e. The van der Waals surface area contributed by atoms with Crippen LogP contribution >= 0.6 is 0 Å². The lowest BCUT2D eigenvalue weighted by Gasteiger charge is -2.17. The van der Waals surface area contributed by atoms with Crippen LogP contribution in [-0.4, -0.2) is 21.3 Å². The van der Waals surface area contributed by atoms with Crippen molar-refractivity contribution >= 4 is 0 Å². The first-order valence-electron chi connectivity index (χ1n) is 6.34. The van der Waals surface area contributed by atoms with Gasteiger partial charge in [-0.2, -0.15) is 0 Å². The van der Waals surface area contributed by atoms with Gasteiger partial charge in [0.2, 0.25) is 0 Å². The van der Waals surface area contributed by atoms with E-state index in [9.17, 15) is 0 Å². The summed E-state index contributed by atoms with van der Waals surface area (Å²) in [4.78, 5) is 4.03.